The first kappa shape index (κ1) is 15.2. The Labute approximate surface area is 128 Å². The van der Waals surface area contributed by atoms with E-state index in [1.165, 1.54) is 12.1 Å². The van der Waals surface area contributed by atoms with Crippen LogP contribution in [-0.4, -0.2) is 25.2 Å². The van der Waals surface area contributed by atoms with Gasteiger partial charge in [0.05, 0.1) is 5.56 Å². The van der Waals surface area contributed by atoms with Gasteiger partial charge in [0, 0.05) is 36.4 Å². The number of anilines is 1. The molecule has 21 heavy (non-hydrogen) atoms. The van der Waals surface area contributed by atoms with Crippen LogP contribution in [0.4, 0.5) is 5.69 Å². The van der Waals surface area contributed by atoms with Gasteiger partial charge in [-0.15, -0.1) is 0 Å². The van der Waals surface area contributed by atoms with Crippen molar-refractivity contribution in [3.63, 3.8) is 0 Å². The van der Waals surface area contributed by atoms with Gasteiger partial charge in [-0.05, 0) is 24.3 Å². The zero-order chi connectivity index (χ0) is 15.4. The summed E-state index contributed by atoms with van der Waals surface area (Å²) in [6, 6.07) is 12.3. The first-order valence-electron chi connectivity index (χ1n) is 6.39. The monoisotopic (exact) mass is 305 g/mol. The molecular formula is C16H16ClNO3. The molecule has 0 aromatic heterocycles. The van der Waals surface area contributed by atoms with Crippen LogP contribution in [0.25, 0.3) is 0 Å². The molecule has 0 amide bonds. The summed E-state index contributed by atoms with van der Waals surface area (Å²) >= 11 is 6.07. The average Bonchev–Trinajstić information content (AvgIpc) is 2.46. The fourth-order valence-electron chi connectivity index (χ4n) is 1.81. The third kappa shape index (κ3) is 3.89. The number of rotatable bonds is 5. The van der Waals surface area contributed by atoms with Crippen molar-refractivity contribution in [2.45, 2.75) is 6.61 Å². The van der Waals surface area contributed by atoms with Gasteiger partial charge in [0.2, 0.25) is 0 Å². The number of hydrogen-bond donors (Lipinski definition) is 1. The summed E-state index contributed by atoms with van der Waals surface area (Å²) in [6.45, 7) is 0.287. The van der Waals surface area contributed by atoms with E-state index in [2.05, 4.69) is 0 Å². The lowest BCUT2D eigenvalue weighted by molar-refractivity contribution is 0.0697. The Morgan fingerprint density at radius 1 is 1.24 bits per heavy atom. The van der Waals surface area contributed by atoms with Gasteiger partial charge in [0.15, 0.2) is 0 Å². The molecule has 0 aliphatic heterocycles. The van der Waals surface area contributed by atoms with Crippen LogP contribution >= 0.6 is 11.6 Å². The highest BCUT2D eigenvalue weighted by Gasteiger charge is 2.08. The molecule has 2 aromatic carbocycles. The van der Waals surface area contributed by atoms with Gasteiger partial charge in [0.25, 0.3) is 0 Å². The lowest BCUT2D eigenvalue weighted by atomic mass is 10.1. The molecule has 1 N–H and O–H groups in total. The predicted molar refractivity (Wildman–Crippen MR) is 83.5 cm³/mol. The molecule has 0 fully saturated rings. The summed E-state index contributed by atoms with van der Waals surface area (Å²) < 4.78 is 5.71. The number of carboxylic acid groups (broad SMARTS) is 1. The zero-order valence-electron chi connectivity index (χ0n) is 11.8. The number of ether oxygens (including phenoxy) is 1. The second-order valence-corrected chi connectivity index (χ2v) is 5.20. The Morgan fingerprint density at radius 3 is 2.62 bits per heavy atom. The second kappa shape index (κ2) is 6.50. The highest BCUT2D eigenvalue weighted by atomic mass is 35.5. The minimum Gasteiger partial charge on any atom is -0.489 e. The Morgan fingerprint density at radius 2 is 2.00 bits per heavy atom. The van der Waals surface area contributed by atoms with E-state index in [4.69, 9.17) is 21.4 Å². The van der Waals surface area contributed by atoms with Crippen LogP contribution in [0, 0.1) is 0 Å². The molecule has 0 spiro atoms. The summed E-state index contributed by atoms with van der Waals surface area (Å²) in [5.41, 5.74) is 1.95. The van der Waals surface area contributed by atoms with Gasteiger partial charge >= 0.3 is 5.97 Å². The lowest BCUT2D eigenvalue weighted by Gasteiger charge is -2.14. The largest absolute Gasteiger partial charge is 0.489 e. The van der Waals surface area contributed by atoms with E-state index in [1.54, 1.807) is 6.07 Å². The third-order valence-electron chi connectivity index (χ3n) is 3.03. The van der Waals surface area contributed by atoms with Crippen LogP contribution in [0.5, 0.6) is 5.75 Å². The maximum absolute atomic E-state index is 10.9. The number of halogens is 1. The van der Waals surface area contributed by atoms with Crippen molar-refractivity contribution < 1.29 is 14.6 Å². The molecule has 2 aromatic rings. The molecule has 0 bridgehead atoms. The molecule has 5 heteroatoms. The van der Waals surface area contributed by atoms with Crippen molar-refractivity contribution >= 4 is 23.3 Å². The normalized spacial score (nSPS) is 10.2. The van der Waals surface area contributed by atoms with Crippen molar-refractivity contribution in [2.24, 2.45) is 0 Å². The molecule has 0 aliphatic rings. The summed E-state index contributed by atoms with van der Waals surface area (Å²) in [5.74, 6) is -0.261. The van der Waals surface area contributed by atoms with Gasteiger partial charge in [0.1, 0.15) is 12.4 Å². The molecule has 0 heterocycles. The lowest BCUT2D eigenvalue weighted by Crippen LogP contribution is -2.08. The maximum atomic E-state index is 10.9. The zero-order valence-corrected chi connectivity index (χ0v) is 12.6. The summed E-state index contributed by atoms with van der Waals surface area (Å²) in [6.07, 6.45) is 0. The van der Waals surface area contributed by atoms with Crippen molar-refractivity contribution in [2.75, 3.05) is 19.0 Å². The van der Waals surface area contributed by atoms with Gasteiger partial charge < -0.3 is 14.7 Å². The molecule has 0 unspecified atom stereocenters. The van der Waals surface area contributed by atoms with E-state index < -0.39 is 5.97 Å². The molecule has 0 atom stereocenters. The van der Waals surface area contributed by atoms with Gasteiger partial charge in [-0.25, -0.2) is 4.79 Å². The summed E-state index contributed by atoms with van der Waals surface area (Å²) in [5, 5.41) is 9.28. The maximum Gasteiger partial charge on any atom is 0.335 e. The molecule has 110 valence electrons. The average molecular weight is 306 g/mol. The van der Waals surface area contributed by atoms with Crippen molar-refractivity contribution in [3.8, 4) is 5.75 Å². The van der Waals surface area contributed by atoms with Crippen LogP contribution < -0.4 is 9.64 Å². The van der Waals surface area contributed by atoms with Crippen LogP contribution in [-0.2, 0) is 6.61 Å². The minimum atomic E-state index is -0.997. The Kier molecular flexibility index (Phi) is 4.70. The van der Waals surface area contributed by atoms with Crippen LogP contribution in [0.3, 0.4) is 0 Å². The SMILES string of the molecule is CN(C)c1cccc(OCc2ccc(C(=O)O)cc2Cl)c1. The van der Waals surface area contributed by atoms with E-state index >= 15 is 0 Å². The molecule has 4 nitrogen and oxygen atoms in total. The van der Waals surface area contributed by atoms with Gasteiger partial charge in [-0.1, -0.05) is 23.7 Å². The van der Waals surface area contributed by atoms with Crippen molar-refractivity contribution in [3.05, 3.63) is 58.6 Å². The fraction of sp³-hybridized carbons (Fsp3) is 0.188. The van der Waals surface area contributed by atoms with E-state index in [1.807, 2.05) is 43.3 Å². The van der Waals surface area contributed by atoms with Crippen LogP contribution in [0.1, 0.15) is 15.9 Å². The fourth-order valence-corrected chi connectivity index (χ4v) is 2.05. The topological polar surface area (TPSA) is 49.8 Å². The number of carboxylic acids is 1. The van der Waals surface area contributed by atoms with E-state index in [0.29, 0.717) is 5.02 Å². The summed E-state index contributed by atoms with van der Waals surface area (Å²) in [7, 11) is 3.92. The number of nitrogens with zero attached hydrogens (tertiary/aromatic N) is 1. The van der Waals surface area contributed by atoms with E-state index in [-0.39, 0.29) is 12.2 Å². The predicted octanol–water partition coefficient (Wildman–Crippen LogP) is 3.68. The highest BCUT2D eigenvalue weighted by molar-refractivity contribution is 6.31. The third-order valence-corrected chi connectivity index (χ3v) is 3.38. The molecule has 0 saturated heterocycles. The minimum absolute atomic E-state index is 0.165. The summed E-state index contributed by atoms with van der Waals surface area (Å²) in [4.78, 5) is 12.8. The number of hydrogen-bond acceptors (Lipinski definition) is 3. The van der Waals surface area contributed by atoms with E-state index in [0.717, 1.165) is 17.0 Å². The van der Waals surface area contributed by atoms with Gasteiger partial charge in [-0.2, -0.15) is 0 Å². The quantitative estimate of drug-likeness (QED) is 0.915. The first-order chi connectivity index (χ1) is 9.97. The molecule has 0 aliphatic carbocycles. The number of carbonyl (C=O) groups is 1. The van der Waals surface area contributed by atoms with E-state index in [9.17, 15) is 4.79 Å². The van der Waals surface area contributed by atoms with Crippen LogP contribution in [0.2, 0.25) is 5.02 Å². The van der Waals surface area contributed by atoms with Gasteiger partial charge in [-0.3, -0.25) is 0 Å². The Hall–Kier alpha value is -2.20. The molecule has 2 rings (SSSR count). The molecular weight excluding hydrogens is 290 g/mol. The highest BCUT2D eigenvalue weighted by Crippen LogP contribution is 2.23. The molecule has 0 radical (unpaired) electrons. The Bertz CT molecular complexity index is 656. The second-order valence-electron chi connectivity index (χ2n) is 4.79. The molecule has 0 saturated carbocycles. The smallest absolute Gasteiger partial charge is 0.335 e. The first-order valence-corrected chi connectivity index (χ1v) is 6.77. The standard InChI is InChI=1S/C16H16ClNO3/c1-18(2)13-4-3-5-14(9-13)21-10-12-7-6-11(16(19)20)8-15(12)17/h3-9H,10H2,1-2H3,(H,19,20). The van der Waals surface area contributed by atoms with Crippen molar-refractivity contribution in [1.29, 1.82) is 0 Å². The number of benzene rings is 2. The number of aromatic carboxylic acids is 1. The van der Waals surface area contributed by atoms with Crippen molar-refractivity contribution in [1.82, 2.24) is 0 Å². The van der Waals surface area contributed by atoms with Crippen LogP contribution in [0.15, 0.2) is 42.5 Å². The Balaban J connectivity index is 2.09.